The van der Waals surface area contributed by atoms with Crippen LogP contribution in [0.25, 0.3) is 11.2 Å². The highest BCUT2D eigenvalue weighted by molar-refractivity contribution is 6.30. The van der Waals surface area contributed by atoms with Crippen molar-refractivity contribution in [2.24, 2.45) is 14.1 Å². The van der Waals surface area contributed by atoms with Crippen molar-refractivity contribution in [3.05, 3.63) is 85.5 Å². The summed E-state index contributed by atoms with van der Waals surface area (Å²) >= 11 is 6.01. The van der Waals surface area contributed by atoms with Gasteiger partial charge in [0.2, 0.25) is 0 Å². The summed E-state index contributed by atoms with van der Waals surface area (Å²) in [5.74, 6) is -2.94. The molecule has 1 atom stereocenters. The van der Waals surface area contributed by atoms with Crippen LogP contribution in [0, 0.1) is 0 Å². The number of rotatable bonds is 5. The van der Waals surface area contributed by atoms with Gasteiger partial charge in [-0.2, -0.15) is 4.98 Å². The highest BCUT2D eigenvalue weighted by Gasteiger charge is 2.27. The van der Waals surface area contributed by atoms with Crippen molar-refractivity contribution in [1.29, 1.82) is 0 Å². The molecule has 2 aromatic heterocycles. The van der Waals surface area contributed by atoms with E-state index in [2.05, 4.69) is 4.98 Å². The van der Waals surface area contributed by atoms with Gasteiger partial charge in [0.15, 0.2) is 11.2 Å². The second kappa shape index (κ2) is 8.15. The van der Waals surface area contributed by atoms with Crippen LogP contribution < -0.4 is 16.0 Å². The number of aromatic nitrogens is 4. The molecule has 0 aliphatic heterocycles. The highest BCUT2D eigenvalue weighted by Crippen LogP contribution is 2.34. The van der Waals surface area contributed by atoms with E-state index in [1.807, 2.05) is 6.92 Å². The van der Waals surface area contributed by atoms with Gasteiger partial charge in [-0.3, -0.25) is 18.5 Å². The van der Waals surface area contributed by atoms with Crippen molar-refractivity contribution in [3.63, 3.8) is 0 Å². The zero-order valence-electron chi connectivity index (χ0n) is 18.3. The Kier molecular flexibility index (Phi) is 5.61. The number of imidazole rings is 1. The van der Waals surface area contributed by atoms with E-state index in [4.69, 9.17) is 16.3 Å². The first kappa shape index (κ1) is 22.7. The molecule has 33 heavy (non-hydrogen) atoms. The maximum absolute atomic E-state index is 13.8. The van der Waals surface area contributed by atoms with Crippen molar-refractivity contribution >= 4 is 22.8 Å². The Morgan fingerprint density at radius 3 is 2.36 bits per heavy atom. The highest BCUT2D eigenvalue weighted by atomic mass is 35.5. The molecule has 0 saturated heterocycles. The molecular formula is C23H21ClF2N4O3. The third-order valence-electron chi connectivity index (χ3n) is 5.55. The van der Waals surface area contributed by atoms with Crippen LogP contribution in [0.1, 0.15) is 31.0 Å². The summed E-state index contributed by atoms with van der Waals surface area (Å²) in [5.41, 5.74) is -0.254. The minimum Gasteiger partial charge on any atom is -0.425 e. The van der Waals surface area contributed by atoms with E-state index >= 15 is 0 Å². The van der Waals surface area contributed by atoms with Gasteiger partial charge in [0, 0.05) is 31.6 Å². The largest absolute Gasteiger partial charge is 0.425 e. The van der Waals surface area contributed by atoms with Gasteiger partial charge in [0.05, 0.1) is 6.04 Å². The molecule has 172 valence electrons. The molecular weight excluding hydrogens is 454 g/mol. The van der Waals surface area contributed by atoms with Crippen molar-refractivity contribution < 1.29 is 13.5 Å². The van der Waals surface area contributed by atoms with Crippen LogP contribution in [0.15, 0.2) is 58.1 Å². The number of nitrogens with zero attached hydrogens (tertiary/aromatic N) is 4. The molecule has 7 nitrogen and oxygen atoms in total. The monoisotopic (exact) mass is 474 g/mol. The summed E-state index contributed by atoms with van der Waals surface area (Å²) in [7, 11) is 2.87. The van der Waals surface area contributed by atoms with E-state index in [-0.39, 0.29) is 28.5 Å². The first-order valence-corrected chi connectivity index (χ1v) is 10.5. The molecule has 0 aliphatic carbocycles. The lowest BCUT2D eigenvalue weighted by molar-refractivity contribution is 0.0173. The van der Waals surface area contributed by atoms with E-state index < -0.39 is 23.2 Å². The second-order valence-electron chi connectivity index (χ2n) is 7.89. The zero-order valence-corrected chi connectivity index (χ0v) is 19.1. The first-order chi connectivity index (χ1) is 15.5. The van der Waals surface area contributed by atoms with Crippen LogP contribution in [0.5, 0.6) is 11.8 Å². The van der Waals surface area contributed by atoms with Crippen LogP contribution in [0.3, 0.4) is 0 Å². The van der Waals surface area contributed by atoms with Crippen molar-refractivity contribution in [3.8, 4) is 11.8 Å². The molecule has 0 fully saturated rings. The van der Waals surface area contributed by atoms with Crippen LogP contribution in [0.2, 0.25) is 5.02 Å². The second-order valence-corrected chi connectivity index (χ2v) is 8.32. The number of aryl methyl sites for hydroxylation is 1. The van der Waals surface area contributed by atoms with Gasteiger partial charge in [-0.25, -0.2) is 13.6 Å². The Bertz CT molecular complexity index is 1470. The topological polar surface area (TPSA) is 71.1 Å². The number of alkyl halides is 2. The minimum atomic E-state index is -3.06. The summed E-state index contributed by atoms with van der Waals surface area (Å²) in [4.78, 5) is 29.9. The van der Waals surface area contributed by atoms with Crippen LogP contribution >= 0.6 is 11.6 Å². The Labute approximate surface area is 192 Å². The smallest absolute Gasteiger partial charge is 0.332 e. The molecule has 0 aliphatic rings. The van der Waals surface area contributed by atoms with E-state index in [0.717, 1.165) is 17.1 Å². The number of fused-ring (bicyclic) bond motifs is 1. The summed E-state index contributed by atoms with van der Waals surface area (Å²) < 4.78 is 37.3. The van der Waals surface area contributed by atoms with Gasteiger partial charge in [-0.1, -0.05) is 35.9 Å². The maximum atomic E-state index is 13.8. The van der Waals surface area contributed by atoms with Crippen molar-refractivity contribution in [2.45, 2.75) is 25.8 Å². The third-order valence-corrected chi connectivity index (χ3v) is 5.80. The summed E-state index contributed by atoms with van der Waals surface area (Å²) in [6.07, 6.45) is 0. The number of hydrogen-bond donors (Lipinski definition) is 0. The summed E-state index contributed by atoms with van der Waals surface area (Å²) in [6.45, 7) is 2.63. The molecule has 0 spiro atoms. The lowest BCUT2D eigenvalue weighted by Crippen LogP contribution is -2.37. The number of hydrogen-bond acceptors (Lipinski definition) is 4. The summed E-state index contributed by atoms with van der Waals surface area (Å²) in [5, 5.41) is 0.550. The zero-order chi connectivity index (χ0) is 24.1. The number of halogens is 3. The molecule has 0 bridgehead atoms. The van der Waals surface area contributed by atoms with Crippen LogP contribution in [-0.4, -0.2) is 18.7 Å². The van der Waals surface area contributed by atoms with Crippen LogP contribution in [-0.2, 0) is 20.0 Å². The quantitative estimate of drug-likeness (QED) is 0.424. The molecule has 2 aromatic carbocycles. The molecule has 10 heteroatoms. The van der Waals surface area contributed by atoms with Gasteiger partial charge >= 0.3 is 11.7 Å². The fraction of sp³-hybridized carbons (Fsp3) is 0.261. The van der Waals surface area contributed by atoms with Gasteiger partial charge in [0.1, 0.15) is 5.75 Å². The molecule has 0 amide bonds. The molecule has 2 heterocycles. The molecule has 1 unspecified atom stereocenters. The Morgan fingerprint density at radius 2 is 1.73 bits per heavy atom. The van der Waals surface area contributed by atoms with Gasteiger partial charge in [0.25, 0.3) is 11.5 Å². The van der Waals surface area contributed by atoms with E-state index in [0.29, 0.717) is 5.02 Å². The molecule has 0 saturated carbocycles. The van der Waals surface area contributed by atoms with E-state index in [9.17, 15) is 18.4 Å². The molecule has 0 N–H and O–H groups in total. The van der Waals surface area contributed by atoms with Crippen molar-refractivity contribution in [2.75, 3.05) is 0 Å². The minimum absolute atomic E-state index is 0.0117. The standard InChI is InChI=1S/C23H21ClF2N4O3/c1-13(14-8-10-16(24)11-9-14)30-18-19(28(3)22(32)29(4)20(18)31)27-21(30)33-17-7-5-6-15(12-17)23(2,25)26/h5-13H,1-4H3. The van der Waals surface area contributed by atoms with E-state index in [1.165, 1.54) is 42.9 Å². The first-order valence-electron chi connectivity index (χ1n) is 10.1. The van der Waals surface area contributed by atoms with Crippen molar-refractivity contribution in [1.82, 2.24) is 18.7 Å². The van der Waals surface area contributed by atoms with Crippen LogP contribution in [0.4, 0.5) is 8.78 Å². The van der Waals surface area contributed by atoms with Gasteiger partial charge < -0.3 is 4.74 Å². The predicted octanol–water partition coefficient (Wildman–Crippen LogP) is 4.60. The Hall–Kier alpha value is -3.46. The average molecular weight is 475 g/mol. The maximum Gasteiger partial charge on any atom is 0.332 e. The fourth-order valence-corrected chi connectivity index (χ4v) is 3.78. The number of benzene rings is 2. The molecule has 0 radical (unpaired) electrons. The fourth-order valence-electron chi connectivity index (χ4n) is 3.65. The normalized spacial score (nSPS) is 12.8. The molecule has 4 aromatic rings. The molecule has 4 rings (SSSR count). The SMILES string of the molecule is CC(c1ccc(Cl)cc1)n1c(Oc2cccc(C(C)(F)F)c2)nc2c1c(=O)n(C)c(=O)n2C. The average Bonchev–Trinajstić information content (AvgIpc) is 3.15. The lowest BCUT2D eigenvalue weighted by atomic mass is 10.1. The number of ether oxygens (including phenoxy) is 1. The van der Waals surface area contributed by atoms with E-state index in [1.54, 1.807) is 28.8 Å². The van der Waals surface area contributed by atoms with Gasteiger partial charge in [-0.15, -0.1) is 0 Å². The Morgan fingerprint density at radius 1 is 1.06 bits per heavy atom. The lowest BCUT2D eigenvalue weighted by Gasteiger charge is -2.18. The predicted molar refractivity (Wildman–Crippen MR) is 122 cm³/mol. The van der Waals surface area contributed by atoms with Gasteiger partial charge in [-0.05, 0) is 36.8 Å². The summed E-state index contributed by atoms with van der Waals surface area (Å²) in [6, 6.07) is 12.0. The Balaban J connectivity index is 1.96. The third kappa shape index (κ3) is 4.04.